The fraction of sp³-hybridized carbons (Fsp3) is 0.667. The van der Waals surface area contributed by atoms with E-state index >= 15 is 0 Å². The van der Waals surface area contributed by atoms with Crippen molar-refractivity contribution in [3.63, 3.8) is 0 Å². The van der Waals surface area contributed by atoms with Gasteiger partial charge in [-0.15, -0.1) is 0 Å². The van der Waals surface area contributed by atoms with Gasteiger partial charge in [0.15, 0.2) is 0 Å². The Labute approximate surface area is 125 Å². The van der Waals surface area contributed by atoms with Gasteiger partial charge >= 0.3 is 0 Å². The van der Waals surface area contributed by atoms with Crippen molar-refractivity contribution in [1.82, 2.24) is 10.3 Å². The summed E-state index contributed by atoms with van der Waals surface area (Å²) in [7, 11) is 0. The molecule has 0 radical (unpaired) electrons. The van der Waals surface area contributed by atoms with Crippen LogP contribution in [0.1, 0.15) is 39.2 Å². The second-order valence-electron chi connectivity index (χ2n) is 6.16. The highest BCUT2D eigenvalue weighted by Crippen LogP contribution is 2.21. The van der Waals surface area contributed by atoms with Crippen molar-refractivity contribution in [3.8, 4) is 5.88 Å². The quantitative estimate of drug-likeness (QED) is 0.907. The van der Waals surface area contributed by atoms with Gasteiger partial charge in [0.2, 0.25) is 5.88 Å². The molecule has 0 bridgehead atoms. The Bertz CT molecular complexity index is 440. The van der Waals surface area contributed by atoms with Gasteiger partial charge in [-0.25, -0.2) is 4.98 Å². The van der Waals surface area contributed by atoms with Gasteiger partial charge < -0.3 is 14.8 Å². The van der Waals surface area contributed by atoms with Crippen molar-refractivity contribution in [2.45, 2.75) is 51.8 Å². The number of nitrogens with zero attached hydrogens (tertiary/aromatic N) is 1. The molecule has 0 spiro atoms. The summed E-state index contributed by atoms with van der Waals surface area (Å²) < 4.78 is 11.2. The van der Waals surface area contributed by atoms with Gasteiger partial charge in [-0.05, 0) is 39.2 Å². The first kappa shape index (κ1) is 15.5. The van der Waals surface area contributed by atoms with E-state index in [9.17, 15) is 0 Å². The SMILES string of the molecule is CC(C)(C)NCc1cc(OCC2CCCO2)ncc1Cl. The van der Waals surface area contributed by atoms with Crippen molar-refractivity contribution in [2.24, 2.45) is 0 Å². The van der Waals surface area contributed by atoms with Gasteiger partial charge in [-0.3, -0.25) is 0 Å². The molecule has 1 N–H and O–H groups in total. The van der Waals surface area contributed by atoms with Crippen molar-refractivity contribution in [1.29, 1.82) is 0 Å². The first-order valence-corrected chi connectivity index (χ1v) is 7.46. The molecule has 2 rings (SSSR count). The zero-order valence-electron chi connectivity index (χ0n) is 12.4. The lowest BCUT2D eigenvalue weighted by molar-refractivity contribution is 0.0663. The van der Waals surface area contributed by atoms with Crippen molar-refractivity contribution in [3.05, 3.63) is 22.8 Å². The van der Waals surface area contributed by atoms with Gasteiger partial charge in [-0.1, -0.05) is 11.6 Å². The van der Waals surface area contributed by atoms with Crippen molar-refractivity contribution >= 4 is 11.6 Å². The van der Waals surface area contributed by atoms with Crippen LogP contribution in [0.25, 0.3) is 0 Å². The Morgan fingerprint density at radius 2 is 2.30 bits per heavy atom. The van der Waals surface area contributed by atoms with Crippen LogP contribution in [0.5, 0.6) is 5.88 Å². The molecule has 0 saturated carbocycles. The first-order valence-electron chi connectivity index (χ1n) is 7.08. The van der Waals surface area contributed by atoms with Crippen LogP contribution in [0, 0.1) is 0 Å². The monoisotopic (exact) mass is 298 g/mol. The molecule has 1 unspecified atom stereocenters. The number of hydrogen-bond donors (Lipinski definition) is 1. The van der Waals surface area contributed by atoms with Gasteiger partial charge in [0, 0.05) is 31.0 Å². The largest absolute Gasteiger partial charge is 0.475 e. The van der Waals surface area contributed by atoms with Crippen LogP contribution < -0.4 is 10.1 Å². The van der Waals surface area contributed by atoms with E-state index in [4.69, 9.17) is 21.1 Å². The van der Waals surface area contributed by atoms with Crippen molar-refractivity contribution in [2.75, 3.05) is 13.2 Å². The molecule has 1 aromatic rings. The standard InChI is InChI=1S/C15H23ClN2O2/c1-15(2,3)18-8-11-7-14(17-9-13(11)16)20-10-12-5-4-6-19-12/h7,9,12,18H,4-6,8,10H2,1-3H3. The molecule has 1 aromatic heterocycles. The van der Waals surface area contributed by atoms with E-state index < -0.39 is 0 Å². The minimum absolute atomic E-state index is 0.0469. The van der Waals surface area contributed by atoms with Gasteiger partial charge in [0.1, 0.15) is 6.61 Å². The average Bonchev–Trinajstić information content (AvgIpc) is 2.88. The van der Waals surface area contributed by atoms with Gasteiger partial charge in [0.05, 0.1) is 11.1 Å². The zero-order chi connectivity index (χ0) is 14.6. The van der Waals surface area contributed by atoms with Crippen LogP contribution in [0.3, 0.4) is 0 Å². The van der Waals surface area contributed by atoms with E-state index in [0.29, 0.717) is 24.1 Å². The topological polar surface area (TPSA) is 43.4 Å². The summed E-state index contributed by atoms with van der Waals surface area (Å²) >= 11 is 6.17. The Morgan fingerprint density at radius 1 is 1.50 bits per heavy atom. The van der Waals surface area contributed by atoms with Crippen molar-refractivity contribution < 1.29 is 9.47 Å². The van der Waals surface area contributed by atoms with Crippen LogP contribution in [-0.2, 0) is 11.3 Å². The van der Waals surface area contributed by atoms with Crippen LogP contribution in [0.4, 0.5) is 0 Å². The summed E-state index contributed by atoms with van der Waals surface area (Å²) in [4.78, 5) is 4.21. The van der Waals surface area contributed by atoms with Gasteiger partial charge in [-0.2, -0.15) is 0 Å². The molecule has 0 aliphatic carbocycles. The summed E-state index contributed by atoms with van der Waals surface area (Å²) in [6.45, 7) is 8.45. The normalized spacial score (nSPS) is 19.3. The fourth-order valence-corrected chi connectivity index (χ4v) is 2.16. The van der Waals surface area contributed by atoms with Gasteiger partial charge in [0.25, 0.3) is 0 Å². The highest BCUT2D eigenvalue weighted by Gasteiger charge is 2.17. The highest BCUT2D eigenvalue weighted by atomic mass is 35.5. The summed E-state index contributed by atoms with van der Waals surface area (Å²) in [5.74, 6) is 0.607. The van der Waals surface area contributed by atoms with Crippen LogP contribution >= 0.6 is 11.6 Å². The third-order valence-electron chi connectivity index (χ3n) is 3.16. The molecule has 0 amide bonds. The maximum atomic E-state index is 6.17. The summed E-state index contributed by atoms with van der Waals surface area (Å²) in [6, 6.07) is 1.90. The number of ether oxygens (including phenoxy) is 2. The molecule has 0 aromatic carbocycles. The minimum atomic E-state index is 0.0469. The molecule has 4 nitrogen and oxygen atoms in total. The number of rotatable bonds is 5. The van der Waals surface area contributed by atoms with Crippen LogP contribution in [-0.4, -0.2) is 29.8 Å². The number of aromatic nitrogens is 1. The third-order valence-corrected chi connectivity index (χ3v) is 3.50. The second-order valence-corrected chi connectivity index (χ2v) is 6.57. The van der Waals surface area contributed by atoms with E-state index in [-0.39, 0.29) is 11.6 Å². The number of halogens is 1. The Balaban J connectivity index is 1.93. The molecule has 1 aliphatic rings. The smallest absolute Gasteiger partial charge is 0.213 e. The number of pyridine rings is 1. The molecule has 1 aliphatic heterocycles. The fourth-order valence-electron chi connectivity index (χ4n) is 1.99. The molecule has 1 saturated heterocycles. The molecule has 1 atom stereocenters. The second kappa shape index (κ2) is 6.74. The predicted octanol–water partition coefficient (Wildman–Crippen LogP) is 3.18. The predicted molar refractivity (Wildman–Crippen MR) is 80.3 cm³/mol. The highest BCUT2D eigenvalue weighted by molar-refractivity contribution is 6.31. The molecule has 20 heavy (non-hydrogen) atoms. The summed E-state index contributed by atoms with van der Waals surface area (Å²) in [5.41, 5.74) is 1.05. The van der Waals surface area contributed by atoms with Crippen LogP contribution in [0.2, 0.25) is 5.02 Å². The average molecular weight is 299 g/mol. The Morgan fingerprint density at radius 3 is 2.95 bits per heavy atom. The Hall–Kier alpha value is -0.840. The summed E-state index contributed by atoms with van der Waals surface area (Å²) in [5, 5.41) is 4.07. The number of hydrogen-bond acceptors (Lipinski definition) is 4. The lowest BCUT2D eigenvalue weighted by atomic mass is 10.1. The van der Waals surface area contributed by atoms with E-state index in [2.05, 4.69) is 31.1 Å². The van der Waals surface area contributed by atoms with E-state index in [0.717, 1.165) is 25.0 Å². The van der Waals surface area contributed by atoms with E-state index in [1.807, 2.05) is 6.07 Å². The summed E-state index contributed by atoms with van der Waals surface area (Å²) in [6.07, 6.45) is 4.02. The van der Waals surface area contributed by atoms with E-state index in [1.165, 1.54) is 0 Å². The maximum Gasteiger partial charge on any atom is 0.213 e. The van der Waals surface area contributed by atoms with E-state index in [1.54, 1.807) is 6.20 Å². The first-order chi connectivity index (χ1) is 9.44. The lowest BCUT2D eigenvalue weighted by Gasteiger charge is -2.21. The Kier molecular flexibility index (Phi) is 5.24. The molecule has 112 valence electrons. The zero-order valence-corrected chi connectivity index (χ0v) is 13.2. The number of nitrogens with one attached hydrogen (secondary N) is 1. The molecular weight excluding hydrogens is 276 g/mol. The van der Waals surface area contributed by atoms with Crippen LogP contribution in [0.15, 0.2) is 12.3 Å². The minimum Gasteiger partial charge on any atom is -0.475 e. The maximum absolute atomic E-state index is 6.17. The third kappa shape index (κ3) is 4.93. The molecule has 1 fully saturated rings. The lowest BCUT2D eigenvalue weighted by Crippen LogP contribution is -2.35. The molecule has 5 heteroatoms. The molecular formula is C15H23ClN2O2. The molecule has 2 heterocycles.